The lowest BCUT2D eigenvalue weighted by Gasteiger charge is -2.31. The standard InChI is InChI=1S/C22H32N4O2.HI/c1-4-23-22(24-12-11-21(27)26-13-7-8-16(2)15-26)25-14-20-17(3)18-9-5-6-10-19(18)28-20;/h5-6,9-10,16H,4,7-8,11-15H2,1-3H3,(H2,23,24,25);1H. The first-order valence-electron chi connectivity index (χ1n) is 10.4. The van der Waals surface area contributed by atoms with Gasteiger partial charge in [0.2, 0.25) is 5.91 Å². The summed E-state index contributed by atoms with van der Waals surface area (Å²) >= 11 is 0. The largest absolute Gasteiger partial charge is 0.459 e. The van der Waals surface area contributed by atoms with Crippen molar-refractivity contribution in [2.24, 2.45) is 10.9 Å². The van der Waals surface area contributed by atoms with Crippen LogP contribution in [0.15, 0.2) is 33.7 Å². The van der Waals surface area contributed by atoms with E-state index in [-0.39, 0.29) is 29.9 Å². The number of likely N-dealkylation sites (tertiary alicyclic amines) is 1. The van der Waals surface area contributed by atoms with E-state index >= 15 is 0 Å². The van der Waals surface area contributed by atoms with Gasteiger partial charge in [0.1, 0.15) is 17.9 Å². The number of furan rings is 1. The topological polar surface area (TPSA) is 69.9 Å². The molecule has 0 bridgehead atoms. The lowest BCUT2D eigenvalue weighted by atomic mass is 10.00. The van der Waals surface area contributed by atoms with Crippen molar-refractivity contribution < 1.29 is 9.21 Å². The predicted molar refractivity (Wildman–Crippen MR) is 129 cm³/mol. The molecule has 1 amide bonds. The van der Waals surface area contributed by atoms with Gasteiger partial charge in [0, 0.05) is 43.5 Å². The van der Waals surface area contributed by atoms with E-state index in [1.807, 2.05) is 30.0 Å². The molecule has 0 radical (unpaired) electrons. The molecule has 0 aliphatic carbocycles. The number of amides is 1. The molecule has 7 heteroatoms. The fourth-order valence-electron chi connectivity index (χ4n) is 3.73. The van der Waals surface area contributed by atoms with Crippen LogP contribution in [0.1, 0.15) is 44.4 Å². The molecule has 3 rings (SSSR count). The molecular formula is C22H33IN4O2. The number of rotatable bonds is 6. The van der Waals surface area contributed by atoms with Crippen molar-refractivity contribution >= 4 is 46.8 Å². The molecule has 0 spiro atoms. The number of aryl methyl sites for hydroxylation is 1. The second kappa shape index (κ2) is 11.4. The Bertz CT molecular complexity index is 833. The summed E-state index contributed by atoms with van der Waals surface area (Å²) in [6.45, 7) is 9.90. The third-order valence-corrected chi connectivity index (χ3v) is 5.31. The highest BCUT2D eigenvalue weighted by atomic mass is 127. The van der Waals surface area contributed by atoms with Gasteiger partial charge in [0.25, 0.3) is 0 Å². The van der Waals surface area contributed by atoms with E-state index in [2.05, 4.69) is 35.5 Å². The SMILES string of the molecule is CCNC(=NCc1oc2ccccc2c1C)NCCC(=O)N1CCCC(C)C1.I. The van der Waals surface area contributed by atoms with Crippen LogP contribution in [-0.2, 0) is 11.3 Å². The fraction of sp³-hybridized carbons (Fsp3) is 0.545. The highest BCUT2D eigenvalue weighted by Crippen LogP contribution is 2.25. The van der Waals surface area contributed by atoms with Crippen LogP contribution in [-0.4, -0.2) is 42.9 Å². The number of aliphatic imine (C=N–C) groups is 1. The molecule has 0 saturated carbocycles. The van der Waals surface area contributed by atoms with E-state index < -0.39 is 0 Å². The number of nitrogens with one attached hydrogen (secondary N) is 2. The summed E-state index contributed by atoms with van der Waals surface area (Å²) in [4.78, 5) is 19.1. The molecule has 1 atom stereocenters. The van der Waals surface area contributed by atoms with E-state index in [0.29, 0.717) is 31.4 Å². The maximum atomic E-state index is 12.4. The van der Waals surface area contributed by atoms with Gasteiger partial charge in [-0.05, 0) is 38.7 Å². The van der Waals surface area contributed by atoms with Crippen molar-refractivity contribution in [1.82, 2.24) is 15.5 Å². The number of benzene rings is 1. The molecule has 1 aromatic carbocycles. The van der Waals surface area contributed by atoms with Crippen LogP contribution < -0.4 is 10.6 Å². The van der Waals surface area contributed by atoms with Crippen LogP contribution in [0, 0.1) is 12.8 Å². The van der Waals surface area contributed by atoms with E-state index in [0.717, 1.165) is 48.3 Å². The number of piperidine rings is 1. The van der Waals surface area contributed by atoms with Crippen LogP contribution in [0.3, 0.4) is 0 Å². The second-order valence-electron chi connectivity index (χ2n) is 7.61. The summed E-state index contributed by atoms with van der Waals surface area (Å²) < 4.78 is 5.94. The number of carbonyl (C=O) groups is 1. The Hall–Kier alpha value is -1.77. The molecular weight excluding hydrogens is 479 g/mol. The number of hydrogen-bond donors (Lipinski definition) is 2. The van der Waals surface area contributed by atoms with Crippen molar-refractivity contribution in [2.45, 2.75) is 46.6 Å². The highest BCUT2D eigenvalue weighted by Gasteiger charge is 2.20. The Morgan fingerprint density at radius 3 is 2.83 bits per heavy atom. The van der Waals surface area contributed by atoms with Gasteiger partial charge in [-0.1, -0.05) is 25.1 Å². The maximum absolute atomic E-state index is 12.4. The Balaban J connectivity index is 0.00000300. The third-order valence-electron chi connectivity index (χ3n) is 5.31. The van der Waals surface area contributed by atoms with Gasteiger partial charge >= 0.3 is 0 Å². The molecule has 1 unspecified atom stereocenters. The molecule has 1 aromatic heterocycles. The summed E-state index contributed by atoms with van der Waals surface area (Å²) in [5, 5.41) is 7.65. The third kappa shape index (κ3) is 6.35. The lowest BCUT2D eigenvalue weighted by Crippen LogP contribution is -2.42. The quantitative estimate of drug-likeness (QED) is 0.348. The zero-order valence-electron chi connectivity index (χ0n) is 17.7. The molecule has 1 fully saturated rings. The zero-order valence-corrected chi connectivity index (χ0v) is 20.0. The number of hydrogen-bond acceptors (Lipinski definition) is 3. The first-order valence-corrected chi connectivity index (χ1v) is 10.4. The monoisotopic (exact) mass is 512 g/mol. The Kier molecular flexibility index (Phi) is 9.26. The van der Waals surface area contributed by atoms with E-state index in [1.165, 1.54) is 6.42 Å². The van der Waals surface area contributed by atoms with Crippen molar-refractivity contribution in [3.8, 4) is 0 Å². The van der Waals surface area contributed by atoms with Crippen molar-refractivity contribution in [2.75, 3.05) is 26.2 Å². The normalized spacial score (nSPS) is 17.1. The first-order chi connectivity index (χ1) is 13.6. The van der Waals surface area contributed by atoms with Crippen LogP contribution in [0.4, 0.5) is 0 Å². The molecule has 1 aliphatic heterocycles. The van der Waals surface area contributed by atoms with Gasteiger partial charge in [-0.2, -0.15) is 0 Å². The Morgan fingerprint density at radius 1 is 1.31 bits per heavy atom. The molecule has 2 heterocycles. The second-order valence-corrected chi connectivity index (χ2v) is 7.61. The molecule has 6 nitrogen and oxygen atoms in total. The van der Waals surface area contributed by atoms with Gasteiger partial charge in [-0.15, -0.1) is 24.0 Å². The predicted octanol–water partition coefficient (Wildman–Crippen LogP) is 4.06. The minimum absolute atomic E-state index is 0. The molecule has 160 valence electrons. The van der Waals surface area contributed by atoms with Gasteiger partial charge < -0.3 is 20.0 Å². The first kappa shape index (κ1) is 23.5. The minimum atomic E-state index is 0. The summed E-state index contributed by atoms with van der Waals surface area (Å²) in [6, 6.07) is 8.04. The van der Waals surface area contributed by atoms with Gasteiger partial charge in [0.15, 0.2) is 5.96 Å². The van der Waals surface area contributed by atoms with E-state index in [9.17, 15) is 4.79 Å². The van der Waals surface area contributed by atoms with Gasteiger partial charge in [-0.25, -0.2) is 4.99 Å². The minimum Gasteiger partial charge on any atom is -0.459 e. The molecule has 2 aromatic rings. The zero-order chi connectivity index (χ0) is 19.9. The summed E-state index contributed by atoms with van der Waals surface area (Å²) in [5.41, 5.74) is 2.02. The number of halogens is 1. The van der Waals surface area contributed by atoms with Gasteiger partial charge in [-0.3, -0.25) is 4.79 Å². The number of fused-ring (bicyclic) bond motifs is 1. The van der Waals surface area contributed by atoms with Gasteiger partial charge in [0.05, 0.1) is 0 Å². The Labute approximate surface area is 190 Å². The average molecular weight is 512 g/mol. The number of para-hydroxylation sites is 1. The van der Waals surface area contributed by atoms with Crippen molar-refractivity contribution in [3.05, 3.63) is 35.6 Å². The molecule has 1 aliphatic rings. The van der Waals surface area contributed by atoms with Crippen LogP contribution in [0.5, 0.6) is 0 Å². The van der Waals surface area contributed by atoms with Crippen LogP contribution >= 0.6 is 24.0 Å². The summed E-state index contributed by atoms with van der Waals surface area (Å²) in [6.07, 6.45) is 2.82. The number of carbonyl (C=O) groups excluding carboxylic acids is 1. The van der Waals surface area contributed by atoms with Crippen molar-refractivity contribution in [3.63, 3.8) is 0 Å². The van der Waals surface area contributed by atoms with Crippen molar-refractivity contribution in [1.29, 1.82) is 0 Å². The van der Waals surface area contributed by atoms with E-state index in [4.69, 9.17) is 4.42 Å². The van der Waals surface area contributed by atoms with Crippen LogP contribution in [0.25, 0.3) is 11.0 Å². The van der Waals surface area contributed by atoms with E-state index in [1.54, 1.807) is 0 Å². The highest BCUT2D eigenvalue weighted by molar-refractivity contribution is 14.0. The lowest BCUT2D eigenvalue weighted by molar-refractivity contribution is -0.132. The molecule has 1 saturated heterocycles. The summed E-state index contributed by atoms with van der Waals surface area (Å²) in [7, 11) is 0. The number of guanidine groups is 1. The number of nitrogens with zero attached hydrogens (tertiary/aromatic N) is 2. The smallest absolute Gasteiger partial charge is 0.224 e. The van der Waals surface area contributed by atoms with Crippen LogP contribution in [0.2, 0.25) is 0 Å². The maximum Gasteiger partial charge on any atom is 0.224 e. The molecule has 2 N–H and O–H groups in total. The fourth-order valence-corrected chi connectivity index (χ4v) is 3.73. The molecule has 29 heavy (non-hydrogen) atoms. The average Bonchev–Trinajstić information content (AvgIpc) is 3.02. The Morgan fingerprint density at radius 2 is 2.10 bits per heavy atom. The summed E-state index contributed by atoms with van der Waals surface area (Å²) in [5.74, 6) is 2.42.